The van der Waals surface area contributed by atoms with E-state index in [1.54, 1.807) is 15.6 Å². The maximum atomic E-state index is 14.3. The molecule has 8 nitrogen and oxygen atoms in total. The molecule has 0 bridgehead atoms. The molecule has 0 radical (unpaired) electrons. The highest BCUT2D eigenvalue weighted by molar-refractivity contribution is 6.76. The molecular weight excluding hydrogens is 523 g/mol. The van der Waals surface area contributed by atoms with Gasteiger partial charge in [-0.15, -0.1) is 0 Å². The second-order valence-electron chi connectivity index (χ2n) is 11.1. The topological polar surface area (TPSA) is 85.2 Å². The number of nitrogens with one attached hydrogen (secondary N) is 1. The van der Waals surface area contributed by atoms with E-state index in [2.05, 4.69) is 35.0 Å². The van der Waals surface area contributed by atoms with Crippen LogP contribution < -0.4 is 5.32 Å². The number of nitrogens with zero attached hydrogens (tertiary/aromatic N) is 5. The highest BCUT2D eigenvalue weighted by Crippen LogP contribution is 2.25. The minimum Gasteiger partial charge on any atom is -0.360 e. The van der Waals surface area contributed by atoms with Crippen LogP contribution >= 0.6 is 11.6 Å². The molecular formula is C27H36ClFN6O2Si. The van der Waals surface area contributed by atoms with E-state index in [9.17, 15) is 9.18 Å². The molecule has 0 saturated carbocycles. The van der Waals surface area contributed by atoms with Gasteiger partial charge in [0.2, 0.25) is 0 Å². The van der Waals surface area contributed by atoms with Crippen LogP contribution in [0.1, 0.15) is 34.7 Å². The van der Waals surface area contributed by atoms with Gasteiger partial charge in [0.15, 0.2) is 11.6 Å². The maximum absolute atomic E-state index is 14.3. The summed E-state index contributed by atoms with van der Waals surface area (Å²) in [5.41, 5.74) is 0.893. The van der Waals surface area contributed by atoms with Crippen molar-refractivity contribution >= 4 is 37.2 Å². The van der Waals surface area contributed by atoms with Gasteiger partial charge in [0.25, 0.3) is 5.91 Å². The summed E-state index contributed by atoms with van der Waals surface area (Å²) in [6.45, 7) is 11.2. The summed E-state index contributed by atoms with van der Waals surface area (Å²) < 4.78 is 21.8. The minimum atomic E-state index is -1.11. The van der Waals surface area contributed by atoms with Crippen molar-refractivity contribution in [3.05, 3.63) is 64.5 Å². The van der Waals surface area contributed by atoms with Gasteiger partial charge < -0.3 is 15.0 Å². The molecule has 1 amide bonds. The van der Waals surface area contributed by atoms with Crippen molar-refractivity contribution in [3.63, 3.8) is 0 Å². The number of benzene rings is 1. The quantitative estimate of drug-likeness (QED) is 0.245. The van der Waals surface area contributed by atoms with E-state index in [0.29, 0.717) is 43.8 Å². The molecule has 4 rings (SSSR count). The zero-order valence-corrected chi connectivity index (χ0v) is 24.3. The SMILES string of the molecule is Cc1cc(Nc2ccn(COCC[Si](C)(C)C)n2)nc(CC2CCN(C(=O)c3cccc(Cl)c3F)CC2)n1. The smallest absolute Gasteiger partial charge is 0.256 e. The Bertz CT molecular complexity index is 1260. The molecule has 1 N–H and O–H groups in total. The van der Waals surface area contributed by atoms with Crippen molar-refractivity contribution in [2.45, 2.75) is 58.6 Å². The molecule has 1 aromatic carbocycles. The van der Waals surface area contributed by atoms with E-state index in [1.807, 2.05) is 25.3 Å². The summed E-state index contributed by atoms with van der Waals surface area (Å²) in [6.07, 6.45) is 4.20. The van der Waals surface area contributed by atoms with Crippen molar-refractivity contribution in [2.75, 3.05) is 25.0 Å². The summed E-state index contributed by atoms with van der Waals surface area (Å²) in [5, 5.41) is 7.77. The third-order valence-electron chi connectivity index (χ3n) is 6.57. The molecule has 11 heteroatoms. The Balaban J connectivity index is 1.29. The predicted molar refractivity (Wildman–Crippen MR) is 150 cm³/mol. The first-order valence-electron chi connectivity index (χ1n) is 13.0. The summed E-state index contributed by atoms with van der Waals surface area (Å²) >= 11 is 5.85. The Kier molecular flexibility index (Phi) is 9.17. The predicted octanol–water partition coefficient (Wildman–Crippen LogP) is 5.92. The summed E-state index contributed by atoms with van der Waals surface area (Å²) in [4.78, 5) is 23.8. The highest BCUT2D eigenvalue weighted by Gasteiger charge is 2.26. The number of halogens is 2. The second-order valence-corrected chi connectivity index (χ2v) is 17.1. The van der Waals surface area contributed by atoms with E-state index in [1.165, 1.54) is 12.1 Å². The van der Waals surface area contributed by atoms with E-state index < -0.39 is 13.9 Å². The Morgan fingerprint density at radius 3 is 2.68 bits per heavy atom. The van der Waals surface area contributed by atoms with Crippen molar-refractivity contribution in [3.8, 4) is 0 Å². The Labute approximate surface area is 229 Å². The number of aryl methyl sites for hydroxylation is 1. The first kappa shape index (κ1) is 28.2. The first-order chi connectivity index (χ1) is 18.1. The van der Waals surface area contributed by atoms with Gasteiger partial charge in [-0.1, -0.05) is 37.3 Å². The normalized spacial score (nSPS) is 14.6. The molecule has 204 valence electrons. The van der Waals surface area contributed by atoms with Crippen molar-refractivity contribution in [1.29, 1.82) is 0 Å². The number of piperidine rings is 1. The lowest BCUT2D eigenvalue weighted by Gasteiger charge is -2.32. The van der Waals surface area contributed by atoms with E-state index in [4.69, 9.17) is 21.3 Å². The summed E-state index contributed by atoms with van der Waals surface area (Å²) in [5.74, 6) is 1.51. The maximum Gasteiger partial charge on any atom is 0.256 e. The second kappa shape index (κ2) is 12.4. The third-order valence-corrected chi connectivity index (χ3v) is 8.57. The molecule has 0 atom stereocenters. The van der Waals surface area contributed by atoms with Crippen molar-refractivity contribution < 1.29 is 13.9 Å². The van der Waals surface area contributed by atoms with Gasteiger partial charge in [0, 0.05) is 58.2 Å². The number of hydrogen-bond donors (Lipinski definition) is 1. The Morgan fingerprint density at radius 2 is 1.95 bits per heavy atom. The van der Waals surface area contributed by atoms with Crippen molar-refractivity contribution in [2.24, 2.45) is 5.92 Å². The average molecular weight is 559 g/mol. The molecule has 1 fully saturated rings. The average Bonchev–Trinajstić information content (AvgIpc) is 3.30. The van der Waals surface area contributed by atoms with Crippen LogP contribution in [0.4, 0.5) is 16.0 Å². The number of carbonyl (C=O) groups excluding carboxylic acids is 1. The van der Waals surface area contributed by atoms with Crippen LogP contribution in [0.25, 0.3) is 0 Å². The zero-order valence-electron chi connectivity index (χ0n) is 22.5. The summed E-state index contributed by atoms with van der Waals surface area (Å²) in [6, 6.07) is 9.44. The number of likely N-dealkylation sites (tertiary alicyclic amines) is 1. The van der Waals surface area contributed by atoms with Gasteiger partial charge in [0.05, 0.1) is 10.6 Å². The molecule has 0 aliphatic carbocycles. The molecule has 0 spiro atoms. The molecule has 0 unspecified atom stereocenters. The largest absolute Gasteiger partial charge is 0.360 e. The number of rotatable bonds is 10. The monoisotopic (exact) mass is 558 g/mol. The van der Waals surface area contributed by atoms with Crippen LogP contribution in [0.2, 0.25) is 30.7 Å². The Hall–Kier alpha value is -2.82. The fourth-order valence-corrected chi connectivity index (χ4v) is 5.32. The first-order valence-corrected chi connectivity index (χ1v) is 17.1. The Morgan fingerprint density at radius 1 is 1.18 bits per heavy atom. The molecule has 3 heterocycles. The lowest BCUT2D eigenvalue weighted by molar-refractivity contribution is 0.0685. The number of aromatic nitrogens is 4. The lowest BCUT2D eigenvalue weighted by Crippen LogP contribution is -2.39. The lowest BCUT2D eigenvalue weighted by atomic mass is 9.92. The fraction of sp³-hybridized carbons (Fsp3) is 0.481. The van der Waals surface area contributed by atoms with Crippen LogP contribution in [0.5, 0.6) is 0 Å². The van der Waals surface area contributed by atoms with Gasteiger partial charge in [-0.2, -0.15) is 5.10 Å². The van der Waals surface area contributed by atoms with Crippen LogP contribution in [-0.4, -0.2) is 58.3 Å². The van der Waals surface area contributed by atoms with Crippen LogP contribution in [0.3, 0.4) is 0 Å². The number of amides is 1. The number of hydrogen-bond acceptors (Lipinski definition) is 6. The zero-order chi connectivity index (χ0) is 27.3. The van der Waals surface area contributed by atoms with Crippen molar-refractivity contribution in [1.82, 2.24) is 24.6 Å². The van der Waals surface area contributed by atoms with Gasteiger partial charge in [-0.05, 0) is 43.9 Å². The minimum absolute atomic E-state index is 0.0225. The number of carbonyl (C=O) groups is 1. The van der Waals surface area contributed by atoms with Crippen LogP contribution in [0.15, 0.2) is 36.5 Å². The molecule has 3 aromatic rings. The van der Waals surface area contributed by atoms with Crippen LogP contribution in [-0.2, 0) is 17.9 Å². The fourth-order valence-electron chi connectivity index (χ4n) is 4.39. The molecule has 1 aliphatic rings. The van der Waals surface area contributed by atoms with Gasteiger partial charge in [-0.25, -0.2) is 19.0 Å². The summed E-state index contributed by atoms with van der Waals surface area (Å²) in [7, 11) is -1.11. The standard InChI is InChI=1S/C27H36ClFN6O2Si/c1-19-16-24(31-23-10-13-35(33-23)18-37-14-15-38(2,3)4)32-25(30-19)17-20-8-11-34(12-9-20)27(36)21-6-5-7-22(28)26(21)29/h5-7,10,13,16,20H,8-9,11-12,14-15,17-18H2,1-4H3,(H,30,31,32,33). The van der Waals surface area contributed by atoms with Gasteiger partial charge in [0.1, 0.15) is 18.4 Å². The number of anilines is 2. The van der Waals surface area contributed by atoms with E-state index in [0.717, 1.165) is 37.0 Å². The molecule has 38 heavy (non-hydrogen) atoms. The molecule has 1 aliphatic heterocycles. The number of ether oxygens (including phenoxy) is 1. The molecule has 1 saturated heterocycles. The van der Waals surface area contributed by atoms with E-state index in [-0.39, 0.29) is 16.5 Å². The third kappa shape index (κ3) is 7.84. The van der Waals surface area contributed by atoms with Gasteiger partial charge >= 0.3 is 0 Å². The van der Waals surface area contributed by atoms with E-state index >= 15 is 0 Å². The van der Waals surface area contributed by atoms with Gasteiger partial charge in [-0.3, -0.25) is 4.79 Å². The van der Waals surface area contributed by atoms with Crippen LogP contribution in [0, 0.1) is 18.7 Å². The highest BCUT2D eigenvalue weighted by atomic mass is 35.5. The molecule has 2 aromatic heterocycles.